The number of hydrogen-bond donors (Lipinski definition) is 2. The Morgan fingerprint density at radius 3 is 2.48 bits per heavy atom. The van der Waals surface area contributed by atoms with E-state index in [1.807, 2.05) is 36.4 Å². The summed E-state index contributed by atoms with van der Waals surface area (Å²) in [6.07, 6.45) is 1.48. The lowest BCUT2D eigenvalue weighted by Gasteiger charge is -2.30. The standard InChI is InChI=1S/C20H21N5O2/c1-24-10-12-25(13-11-24)19-9-8-17(22-23-19)15-4-6-16(7-5-15)21-20(26)18-3-2-14-27-18/h2-9,14H,10-13H2,1H3,(H,21,26)/p+1. The van der Waals surface area contributed by atoms with E-state index in [0.717, 1.165) is 43.3 Å². The molecule has 3 heterocycles. The molecule has 2 N–H and O–H groups in total. The molecule has 4 rings (SSSR count). The number of hydrogen-bond acceptors (Lipinski definition) is 5. The zero-order valence-electron chi connectivity index (χ0n) is 15.2. The Kier molecular flexibility index (Phi) is 4.84. The van der Waals surface area contributed by atoms with Gasteiger partial charge in [-0.05, 0) is 36.4 Å². The number of furan rings is 1. The van der Waals surface area contributed by atoms with E-state index in [4.69, 9.17) is 4.42 Å². The fourth-order valence-electron chi connectivity index (χ4n) is 3.09. The van der Waals surface area contributed by atoms with Crippen molar-refractivity contribution in [2.75, 3.05) is 43.4 Å². The van der Waals surface area contributed by atoms with Crippen LogP contribution in [-0.2, 0) is 0 Å². The predicted octanol–water partition coefficient (Wildman–Crippen LogP) is 1.32. The van der Waals surface area contributed by atoms with Gasteiger partial charge in [-0.15, -0.1) is 10.2 Å². The quantitative estimate of drug-likeness (QED) is 0.730. The van der Waals surface area contributed by atoms with Crippen LogP contribution in [0.4, 0.5) is 11.5 Å². The van der Waals surface area contributed by atoms with Gasteiger partial charge >= 0.3 is 0 Å². The lowest BCUT2D eigenvalue weighted by molar-refractivity contribution is -0.880. The minimum absolute atomic E-state index is 0.272. The monoisotopic (exact) mass is 364 g/mol. The summed E-state index contributed by atoms with van der Waals surface area (Å²) in [6.45, 7) is 4.25. The summed E-state index contributed by atoms with van der Waals surface area (Å²) in [5, 5.41) is 11.6. The molecule has 1 fully saturated rings. The van der Waals surface area contributed by atoms with Crippen LogP contribution in [0.1, 0.15) is 10.6 Å². The molecule has 0 aliphatic carbocycles. The van der Waals surface area contributed by atoms with E-state index in [-0.39, 0.29) is 11.7 Å². The first kappa shape index (κ1) is 17.2. The van der Waals surface area contributed by atoms with Gasteiger partial charge in [0.2, 0.25) is 0 Å². The van der Waals surface area contributed by atoms with Gasteiger partial charge in [-0.25, -0.2) is 0 Å². The zero-order chi connectivity index (χ0) is 18.6. The summed E-state index contributed by atoms with van der Waals surface area (Å²) in [6, 6.07) is 14.8. The summed E-state index contributed by atoms with van der Waals surface area (Å²) in [4.78, 5) is 15.8. The number of benzene rings is 1. The summed E-state index contributed by atoms with van der Waals surface area (Å²) in [5.74, 6) is 0.936. The molecule has 0 saturated carbocycles. The number of amides is 1. The lowest BCUT2D eigenvalue weighted by Crippen LogP contribution is -3.12. The minimum Gasteiger partial charge on any atom is -0.459 e. The molecule has 2 aromatic heterocycles. The zero-order valence-corrected chi connectivity index (χ0v) is 15.2. The first-order valence-corrected chi connectivity index (χ1v) is 9.04. The molecule has 27 heavy (non-hydrogen) atoms. The van der Waals surface area contributed by atoms with E-state index < -0.39 is 0 Å². The van der Waals surface area contributed by atoms with Gasteiger partial charge in [-0.3, -0.25) is 4.79 Å². The Morgan fingerprint density at radius 2 is 1.85 bits per heavy atom. The normalized spacial score (nSPS) is 14.9. The summed E-state index contributed by atoms with van der Waals surface area (Å²) >= 11 is 0. The van der Waals surface area contributed by atoms with Gasteiger partial charge in [0.15, 0.2) is 11.6 Å². The third kappa shape index (κ3) is 3.98. The smallest absolute Gasteiger partial charge is 0.291 e. The molecule has 0 radical (unpaired) electrons. The van der Waals surface area contributed by atoms with Crippen molar-refractivity contribution in [2.24, 2.45) is 0 Å². The number of piperazine rings is 1. The van der Waals surface area contributed by atoms with Crippen LogP contribution in [0.15, 0.2) is 59.2 Å². The maximum atomic E-state index is 12.0. The maximum absolute atomic E-state index is 12.0. The molecular weight excluding hydrogens is 342 g/mol. The molecule has 1 aliphatic heterocycles. The van der Waals surface area contributed by atoms with Gasteiger partial charge in [0.25, 0.3) is 5.91 Å². The van der Waals surface area contributed by atoms with Gasteiger partial charge < -0.3 is 19.5 Å². The molecule has 1 aliphatic rings. The highest BCUT2D eigenvalue weighted by Crippen LogP contribution is 2.21. The van der Waals surface area contributed by atoms with Crippen molar-refractivity contribution in [3.8, 4) is 11.3 Å². The van der Waals surface area contributed by atoms with Gasteiger partial charge in [0.05, 0.1) is 45.2 Å². The first-order valence-electron chi connectivity index (χ1n) is 9.04. The fraction of sp³-hybridized carbons (Fsp3) is 0.250. The molecule has 0 bridgehead atoms. The number of aromatic nitrogens is 2. The summed E-state index contributed by atoms with van der Waals surface area (Å²) in [7, 11) is 2.22. The molecule has 1 amide bonds. The van der Waals surface area contributed by atoms with E-state index in [0.29, 0.717) is 5.69 Å². The highest BCUT2D eigenvalue weighted by atomic mass is 16.3. The number of carbonyl (C=O) groups is 1. The van der Waals surface area contributed by atoms with Crippen LogP contribution < -0.4 is 15.1 Å². The third-order valence-corrected chi connectivity index (χ3v) is 4.77. The Balaban J connectivity index is 1.42. The molecule has 0 spiro atoms. The SMILES string of the molecule is C[NH+]1CCN(c2ccc(-c3ccc(NC(=O)c4ccco4)cc3)nn2)CC1. The Hall–Kier alpha value is -3.19. The molecule has 1 saturated heterocycles. The minimum atomic E-state index is -0.272. The number of anilines is 2. The number of nitrogens with one attached hydrogen (secondary N) is 2. The molecule has 3 aromatic rings. The Morgan fingerprint density at radius 1 is 1.07 bits per heavy atom. The van der Waals surface area contributed by atoms with E-state index in [2.05, 4.69) is 27.5 Å². The number of rotatable bonds is 4. The molecule has 7 nitrogen and oxygen atoms in total. The highest BCUT2D eigenvalue weighted by molar-refractivity contribution is 6.02. The second-order valence-corrected chi connectivity index (χ2v) is 6.73. The van der Waals surface area contributed by atoms with Crippen LogP contribution in [0, 0.1) is 0 Å². The van der Waals surface area contributed by atoms with Crippen molar-refractivity contribution in [1.82, 2.24) is 10.2 Å². The van der Waals surface area contributed by atoms with Gasteiger partial charge in [0.1, 0.15) is 0 Å². The van der Waals surface area contributed by atoms with Crippen LogP contribution in [0.2, 0.25) is 0 Å². The average Bonchev–Trinajstić information content (AvgIpc) is 3.24. The van der Waals surface area contributed by atoms with Crippen LogP contribution in [-0.4, -0.2) is 49.3 Å². The molecule has 0 unspecified atom stereocenters. The van der Waals surface area contributed by atoms with Crippen LogP contribution in [0.25, 0.3) is 11.3 Å². The van der Waals surface area contributed by atoms with Crippen LogP contribution >= 0.6 is 0 Å². The molecule has 0 atom stereocenters. The van der Waals surface area contributed by atoms with Gasteiger partial charge in [0, 0.05) is 11.3 Å². The molecule has 1 aromatic carbocycles. The first-order chi connectivity index (χ1) is 13.2. The highest BCUT2D eigenvalue weighted by Gasteiger charge is 2.18. The van der Waals surface area contributed by atoms with Crippen molar-refractivity contribution >= 4 is 17.4 Å². The van der Waals surface area contributed by atoms with E-state index >= 15 is 0 Å². The number of nitrogens with zero attached hydrogens (tertiary/aromatic N) is 3. The van der Waals surface area contributed by atoms with E-state index in [1.54, 1.807) is 17.0 Å². The van der Waals surface area contributed by atoms with Crippen LogP contribution in [0.5, 0.6) is 0 Å². The van der Waals surface area contributed by atoms with Crippen molar-refractivity contribution in [3.63, 3.8) is 0 Å². The molecule has 7 heteroatoms. The van der Waals surface area contributed by atoms with Gasteiger partial charge in [-0.1, -0.05) is 12.1 Å². The number of carbonyl (C=O) groups excluding carboxylic acids is 1. The van der Waals surface area contributed by atoms with E-state index in [1.165, 1.54) is 6.26 Å². The Bertz CT molecular complexity index is 883. The number of likely N-dealkylation sites (N-methyl/N-ethyl adjacent to an activating group) is 1. The lowest BCUT2D eigenvalue weighted by atomic mass is 10.1. The third-order valence-electron chi connectivity index (χ3n) is 4.77. The van der Waals surface area contributed by atoms with E-state index in [9.17, 15) is 4.79 Å². The summed E-state index contributed by atoms with van der Waals surface area (Å²) < 4.78 is 5.09. The fourth-order valence-corrected chi connectivity index (χ4v) is 3.09. The van der Waals surface area contributed by atoms with Crippen molar-refractivity contribution < 1.29 is 14.1 Å². The van der Waals surface area contributed by atoms with Gasteiger partial charge in [-0.2, -0.15) is 0 Å². The average molecular weight is 364 g/mol. The molecule has 138 valence electrons. The second kappa shape index (κ2) is 7.59. The van der Waals surface area contributed by atoms with Crippen LogP contribution in [0.3, 0.4) is 0 Å². The number of quaternary nitrogens is 1. The largest absolute Gasteiger partial charge is 0.459 e. The van der Waals surface area contributed by atoms with Crippen molar-refractivity contribution in [3.05, 3.63) is 60.6 Å². The Labute approximate surface area is 157 Å². The predicted molar refractivity (Wildman–Crippen MR) is 103 cm³/mol. The van der Waals surface area contributed by atoms with Crippen molar-refractivity contribution in [1.29, 1.82) is 0 Å². The molecular formula is C20H22N5O2+. The van der Waals surface area contributed by atoms with Crippen molar-refractivity contribution in [2.45, 2.75) is 0 Å². The maximum Gasteiger partial charge on any atom is 0.291 e. The topological polar surface area (TPSA) is 75.7 Å². The summed E-state index contributed by atoms with van der Waals surface area (Å²) in [5.41, 5.74) is 2.46. The second-order valence-electron chi connectivity index (χ2n) is 6.73.